The minimum absolute atomic E-state index is 0.0974. The van der Waals surface area contributed by atoms with Crippen LogP contribution in [0.2, 0.25) is 0 Å². The highest BCUT2D eigenvalue weighted by atomic mass is 35.5. The quantitative estimate of drug-likeness (QED) is 0.475. The molecule has 1 unspecified atom stereocenters. The lowest BCUT2D eigenvalue weighted by molar-refractivity contribution is -0.385. The maximum absolute atomic E-state index is 12.7. The van der Waals surface area contributed by atoms with E-state index in [0.717, 1.165) is 25.1 Å². The molecule has 0 amide bonds. The highest BCUT2D eigenvalue weighted by molar-refractivity contribution is 6.30. The Balaban J connectivity index is 3.31. The van der Waals surface area contributed by atoms with Crippen LogP contribution in [0.3, 0.4) is 0 Å². The lowest BCUT2D eigenvalue weighted by Crippen LogP contribution is -2.06. The molecule has 0 saturated carbocycles. The molecule has 1 atom stereocenters. The Hall–Kier alpha value is -1.56. The minimum atomic E-state index is -2.93. The topological polar surface area (TPSA) is 60.2 Å². The van der Waals surface area contributed by atoms with Crippen molar-refractivity contribution in [2.45, 2.75) is 18.7 Å². The Labute approximate surface area is 100 Å². The van der Waals surface area contributed by atoms with Crippen molar-refractivity contribution >= 4 is 23.1 Å². The second-order valence-corrected chi connectivity index (χ2v) is 3.78. The molecule has 0 saturated heterocycles. The van der Waals surface area contributed by atoms with Crippen LogP contribution in [0, 0.1) is 10.1 Å². The van der Waals surface area contributed by atoms with Crippen LogP contribution in [0.15, 0.2) is 18.2 Å². The third-order valence-electron chi connectivity index (χ3n) is 2.15. The van der Waals surface area contributed by atoms with Crippen molar-refractivity contribution in [3.8, 4) is 0 Å². The van der Waals surface area contributed by atoms with Crippen molar-refractivity contribution in [3.05, 3.63) is 39.4 Å². The van der Waals surface area contributed by atoms with Crippen molar-refractivity contribution in [1.82, 2.24) is 0 Å². The number of hydrogen-bond donors (Lipinski definition) is 0. The van der Waals surface area contributed by atoms with E-state index in [1.807, 2.05) is 0 Å². The molecule has 1 rings (SSSR count). The summed E-state index contributed by atoms with van der Waals surface area (Å²) in [6, 6.07) is 2.86. The van der Waals surface area contributed by atoms with Gasteiger partial charge < -0.3 is 0 Å². The Bertz CT molecular complexity index is 465. The SMILES string of the molecule is CC(=O)C(Cl)c1ccc([N+](=O)[O-])cc1C(F)F. The van der Waals surface area contributed by atoms with E-state index in [9.17, 15) is 23.7 Å². The van der Waals surface area contributed by atoms with Crippen LogP contribution in [-0.4, -0.2) is 10.7 Å². The fourth-order valence-electron chi connectivity index (χ4n) is 1.31. The third-order valence-corrected chi connectivity index (χ3v) is 2.69. The molecule has 0 N–H and O–H groups in total. The van der Waals surface area contributed by atoms with Crippen LogP contribution in [0.25, 0.3) is 0 Å². The summed E-state index contributed by atoms with van der Waals surface area (Å²) in [5.74, 6) is -0.498. The summed E-state index contributed by atoms with van der Waals surface area (Å²) in [5.41, 5.74) is -1.15. The van der Waals surface area contributed by atoms with Gasteiger partial charge in [-0.1, -0.05) is 0 Å². The van der Waals surface area contributed by atoms with Gasteiger partial charge in [0.1, 0.15) is 5.38 Å². The van der Waals surface area contributed by atoms with Crippen molar-refractivity contribution < 1.29 is 18.5 Å². The molecule has 92 valence electrons. The van der Waals surface area contributed by atoms with Gasteiger partial charge in [-0.25, -0.2) is 8.78 Å². The van der Waals surface area contributed by atoms with Crippen LogP contribution >= 0.6 is 11.6 Å². The van der Waals surface area contributed by atoms with Gasteiger partial charge in [-0.15, -0.1) is 11.6 Å². The molecule has 0 heterocycles. The summed E-state index contributed by atoms with van der Waals surface area (Å²) >= 11 is 5.67. The lowest BCUT2D eigenvalue weighted by Gasteiger charge is -2.11. The van der Waals surface area contributed by atoms with Crippen LogP contribution in [0.5, 0.6) is 0 Å². The lowest BCUT2D eigenvalue weighted by atomic mass is 10.0. The van der Waals surface area contributed by atoms with Crippen LogP contribution < -0.4 is 0 Å². The summed E-state index contributed by atoms with van der Waals surface area (Å²) < 4.78 is 25.4. The predicted octanol–water partition coefficient (Wildman–Crippen LogP) is 3.40. The van der Waals surface area contributed by atoms with Crippen molar-refractivity contribution in [3.63, 3.8) is 0 Å². The number of halogens is 3. The van der Waals surface area contributed by atoms with Crippen LogP contribution in [-0.2, 0) is 4.79 Å². The van der Waals surface area contributed by atoms with Gasteiger partial charge in [0.25, 0.3) is 12.1 Å². The summed E-state index contributed by atoms with van der Waals surface area (Å²) in [6.07, 6.45) is -2.93. The summed E-state index contributed by atoms with van der Waals surface area (Å²) in [7, 11) is 0. The average Bonchev–Trinajstić information content (AvgIpc) is 2.26. The van der Waals surface area contributed by atoms with Gasteiger partial charge in [0.2, 0.25) is 0 Å². The van der Waals surface area contributed by atoms with Crippen molar-refractivity contribution in [1.29, 1.82) is 0 Å². The van der Waals surface area contributed by atoms with Gasteiger partial charge in [0.05, 0.1) is 4.92 Å². The molecule has 0 aliphatic rings. The van der Waals surface area contributed by atoms with E-state index in [1.54, 1.807) is 0 Å². The zero-order chi connectivity index (χ0) is 13.2. The average molecular weight is 264 g/mol. The molecule has 17 heavy (non-hydrogen) atoms. The molecule has 0 radical (unpaired) electrons. The van der Waals surface area contributed by atoms with Crippen molar-refractivity contribution in [2.75, 3.05) is 0 Å². The number of rotatable bonds is 4. The number of benzene rings is 1. The first-order valence-electron chi connectivity index (χ1n) is 4.55. The zero-order valence-corrected chi connectivity index (χ0v) is 9.45. The van der Waals surface area contributed by atoms with Gasteiger partial charge in [0.15, 0.2) is 5.78 Å². The highest BCUT2D eigenvalue weighted by Crippen LogP contribution is 2.33. The molecule has 0 fully saturated rings. The highest BCUT2D eigenvalue weighted by Gasteiger charge is 2.24. The monoisotopic (exact) mass is 263 g/mol. The maximum atomic E-state index is 12.7. The Kier molecular flexibility index (Phi) is 4.11. The smallest absolute Gasteiger partial charge is 0.269 e. The molecule has 1 aromatic rings. The van der Waals surface area contributed by atoms with Gasteiger partial charge in [-0.05, 0) is 18.6 Å². The Morgan fingerprint density at radius 2 is 2.00 bits per heavy atom. The van der Waals surface area contributed by atoms with Crippen molar-refractivity contribution in [2.24, 2.45) is 0 Å². The first kappa shape index (κ1) is 13.5. The molecular formula is C10H8ClF2NO3. The summed E-state index contributed by atoms with van der Waals surface area (Å²) in [6.45, 7) is 1.16. The van der Waals surface area contributed by atoms with Gasteiger partial charge >= 0.3 is 0 Å². The van der Waals surface area contributed by atoms with Gasteiger partial charge in [0, 0.05) is 17.7 Å². The fourth-order valence-corrected chi connectivity index (χ4v) is 1.51. The molecule has 0 aromatic heterocycles. The first-order chi connectivity index (χ1) is 7.84. The summed E-state index contributed by atoms with van der Waals surface area (Å²) in [5, 5.41) is 9.23. The van der Waals surface area contributed by atoms with Crippen LogP contribution in [0.1, 0.15) is 29.9 Å². The van der Waals surface area contributed by atoms with E-state index in [4.69, 9.17) is 11.6 Å². The molecule has 0 bridgehead atoms. The Morgan fingerprint density at radius 1 is 1.41 bits per heavy atom. The number of nitro benzene ring substituents is 1. The minimum Gasteiger partial charge on any atom is -0.298 e. The van der Waals surface area contributed by atoms with E-state index in [-0.39, 0.29) is 5.56 Å². The number of hydrogen-bond acceptors (Lipinski definition) is 3. The zero-order valence-electron chi connectivity index (χ0n) is 8.69. The largest absolute Gasteiger partial charge is 0.298 e. The van der Waals surface area contributed by atoms with E-state index in [2.05, 4.69) is 0 Å². The number of non-ortho nitro benzene ring substituents is 1. The Morgan fingerprint density at radius 3 is 2.41 bits per heavy atom. The number of Topliss-reactive ketones (excluding diaryl/α,β-unsaturated/α-hetero) is 1. The molecule has 1 aromatic carbocycles. The standard InChI is InChI=1S/C10H8ClF2NO3/c1-5(15)9(11)7-3-2-6(14(16)17)4-8(7)10(12)13/h2-4,9-10H,1H3. The molecule has 0 spiro atoms. The van der Waals surface area contributed by atoms with Crippen LogP contribution in [0.4, 0.5) is 14.5 Å². The van der Waals surface area contributed by atoms with E-state index < -0.39 is 33.8 Å². The van der Waals surface area contributed by atoms with E-state index in [1.165, 1.54) is 0 Å². The molecule has 0 aliphatic carbocycles. The maximum Gasteiger partial charge on any atom is 0.269 e. The number of carbonyl (C=O) groups excluding carboxylic acids is 1. The number of nitro groups is 1. The second-order valence-electron chi connectivity index (χ2n) is 3.34. The number of alkyl halides is 3. The molecular weight excluding hydrogens is 256 g/mol. The molecule has 4 nitrogen and oxygen atoms in total. The molecule has 0 aliphatic heterocycles. The number of carbonyl (C=O) groups is 1. The second kappa shape index (κ2) is 5.18. The van der Waals surface area contributed by atoms with E-state index in [0.29, 0.717) is 0 Å². The fraction of sp³-hybridized carbons (Fsp3) is 0.300. The van der Waals surface area contributed by atoms with Gasteiger partial charge in [-0.3, -0.25) is 14.9 Å². The summed E-state index contributed by atoms with van der Waals surface area (Å²) in [4.78, 5) is 20.7. The third kappa shape index (κ3) is 2.97. The van der Waals surface area contributed by atoms with E-state index >= 15 is 0 Å². The number of nitrogens with zero attached hydrogens (tertiary/aromatic N) is 1. The number of ketones is 1. The predicted molar refractivity (Wildman–Crippen MR) is 57.3 cm³/mol. The molecule has 7 heteroatoms. The first-order valence-corrected chi connectivity index (χ1v) is 4.99. The normalized spacial score (nSPS) is 12.5. The van der Waals surface area contributed by atoms with Gasteiger partial charge in [-0.2, -0.15) is 0 Å².